The van der Waals surface area contributed by atoms with Crippen LogP contribution in [0.25, 0.3) is 0 Å². The zero-order chi connectivity index (χ0) is 23.9. The number of carbonyl (C=O) groups is 2. The Labute approximate surface area is 202 Å². The van der Waals surface area contributed by atoms with Gasteiger partial charge in [-0.15, -0.1) is 6.58 Å². The maximum absolute atomic E-state index is 12.7. The average molecular weight is 469 g/mol. The third-order valence-corrected chi connectivity index (χ3v) is 6.11. The molecule has 33 heavy (non-hydrogen) atoms. The largest absolute Gasteiger partial charge is 0.466 e. The van der Waals surface area contributed by atoms with Gasteiger partial charge in [0.05, 0.1) is 13.0 Å². The number of unbranched alkanes of at least 4 members (excludes halogenated alkanes) is 4. The number of nitrogens with zero attached hydrogens (tertiary/aromatic N) is 1. The van der Waals surface area contributed by atoms with E-state index in [0.29, 0.717) is 19.7 Å². The van der Waals surface area contributed by atoms with Crippen LogP contribution < -0.4 is 10.2 Å². The van der Waals surface area contributed by atoms with E-state index < -0.39 is 0 Å². The van der Waals surface area contributed by atoms with Crippen molar-refractivity contribution < 1.29 is 14.3 Å². The Hall–Kier alpha value is -2.73. The van der Waals surface area contributed by atoms with E-state index in [1.165, 1.54) is 19.3 Å². The predicted octanol–water partition coefficient (Wildman–Crippen LogP) is 6.62. The van der Waals surface area contributed by atoms with Gasteiger partial charge in [0, 0.05) is 28.6 Å². The fourth-order valence-corrected chi connectivity index (χ4v) is 4.18. The van der Waals surface area contributed by atoms with Gasteiger partial charge in [-0.05, 0) is 55.3 Å². The number of hydrogen-bond donors (Lipinski definition) is 1. The molecule has 0 aliphatic carbocycles. The van der Waals surface area contributed by atoms with Crippen LogP contribution in [0.2, 0.25) is 0 Å². The highest BCUT2D eigenvalue weighted by atomic mass is 32.2. The number of esters is 1. The summed E-state index contributed by atoms with van der Waals surface area (Å²) < 4.78 is 5.00. The summed E-state index contributed by atoms with van der Waals surface area (Å²) in [5.41, 5.74) is 1.83. The number of hydrogen-bond acceptors (Lipinski definition) is 4. The average Bonchev–Trinajstić information content (AvgIpc) is 2.82. The van der Waals surface area contributed by atoms with Gasteiger partial charge in [-0.2, -0.15) is 0 Å². The van der Waals surface area contributed by atoms with Gasteiger partial charge in [0.15, 0.2) is 0 Å². The molecule has 0 radical (unpaired) electrons. The fourth-order valence-electron chi connectivity index (χ4n) is 3.36. The van der Waals surface area contributed by atoms with Crippen molar-refractivity contribution >= 4 is 29.4 Å². The third-order valence-electron chi connectivity index (χ3n) is 5.09. The van der Waals surface area contributed by atoms with Gasteiger partial charge >= 0.3 is 12.0 Å². The molecule has 0 heterocycles. The molecule has 0 spiro atoms. The van der Waals surface area contributed by atoms with Crippen LogP contribution in [0.4, 0.5) is 10.5 Å². The Kier molecular flexibility index (Phi) is 12.2. The molecule has 1 N–H and O–H groups in total. The number of carbonyl (C=O) groups excluding carboxylic acids is 2. The van der Waals surface area contributed by atoms with Crippen LogP contribution in [0, 0.1) is 0 Å². The van der Waals surface area contributed by atoms with Crippen molar-refractivity contribution in [1.29, 1.82) is 0 Å². The number of urea groups is 1. The van der Waals surface area contributed by atoms with Crippen LogP contribution in [-0.4, -0.2) is 31.7 Å². The minimum Gasteiger partial charge on any atom is -0.466 e. The second-order valence-electron chi connectivity index (χ2n) is 7.76. The zero-order valence-electron chi connectivity index (χ0n) is 19.8. The summed E-state index contributed by atoms with van der Waals surface area (Å²) >= 11 is 1.65. The molecular formula is C27H36N2O3S. The lowest BCUT2D eigenvalue weighted by atomic mass is 10.1. The molecule has 0 bridgehead atoms. The molecule has 2 aromatic rings. The Balaban J connectivity index is 1.99. The zero-order valence-corrected chi connectivity index (χ0v) is 20.7. The molecule has 0 aliphatic heterocycles. The second kappa shape index (κ2) is 15.2. The fraction of sp³-hybridized carbons (Fsp3) is 0.407. The van der Waals surface area contributed by atoms with E-state index >= 15 is 0 Å². The predicted molar refractivity (Wildman–Crippen MR) is 137 cm³/mol. The monoisotopic (exact) mass is 468 g/mol. The van der Waals surface area contributed by atoms with E-state index in [2.05, 4.69) is 18.8 Å². The minimum absolute atomic E-state index is 0.0945. The summed E-state index contributed by atoms with van der Waals surface area (Å²) in [5.74, 6) is -0.208. The van der Waals surface area contributed by atoms with E-state index in [1.807, 2.05) is 60.4 Å². The Bertz CT molecular complexity index is 866. The van der Waals surface area contributed by atoms with Gasteiger partial charge in [-0.25, -0.2) is 4.79 Å². The second-order valence-corrected chi connectivity index (χ2v) is 8.91. The van der Waals surface area contributed by atoms with Crippen molar-refractivity contribution in [2.45, 2.75) is 62.2 Å². The topological polar surface area (TPSA) is 58.6 Å². The highest BCUT2D eigenvalue weighted by molar-refractivity contribution is 7.99. The van der Waals surface area contributed by atoms with E-state index in [9.17, 15) is 9.59 Å². The third kappa shape index (κ3) is 9.74. The van der Waals surface area contributed by atoms with Gasteiger partial charge in [0.1, 0.15) is 0 Å². The molecule has 2 rings (SSSR count). The lowest BCUT2D eigenvalue weighted by molar-refractivity contribution is -0.142. The molecule has 6 heteroatoms. The van der Waals surface area contributed by atoms with Crippen molar-refractivity contribution in [1.82, 2.24) is 5.32 Å². The molecule has 2 amide bonds. The van der Waals surface area contributed by atoms with Crippen LogP contribution in [0.1, 0.15) is 51.5 Å². The van der Waals surface area contributed by atoms with Crippen molar-refractivity contribution in [2.75, 3.05) is 24.6 Å². The normalized spacial score (nSPS) is 10.5. The standard InChI is InChI=1S/C27H36N2O3S/c1-4-7-8-9-10-20-29(27(31)28-19-5-2)23-13-17-25(18-14-23)33-24-15-11-22(12-16-24)21-26(30)32-6-3/h5,11-18H,2,4,6-10,19-21H2,1,3H3,(H,28,31). The first kappa shape index (κ1) is 26.5. The Morgan fingerprint density at radius 3 is 2.21 bits per heavy atom. The van der Waals surface area contributed by atoms with Crippen LogP contribution in [0.3, 0.4) is 0 Å². The first-order valence-corrected chi connectivity index (χ1v) is 12.6. The van der Waals surface area contributed by atoms with Crippen LogP contribution >= 0.6 is 11.8 Å². The smallest absolute Gasteiger partial charge is 0.322 e. The number of nitrogens with one attached hydrogen (secondary N) is 1. The van der Waals surface area contributed by atoms with Crippen molar-refractivity contribution in [3.63, 3.8) is 0 Å². The summed E-state index contributed by atoms with van der Waals surface area (Å²) in [6.45, 7) is 9.23. The van der Waals surface area contributed by atoms with Crippen LogP contribution in [-0.2, 0) is 16.0 Å². The molecule has 0 saturated heterocycles. The number of amides is 2. The molecule has 0 saturated carbocycles. The minimum atomic E-state index is -0.208. The highest BCUT2D eigenvalue weighted by Crippen LogP contribution is 2.30. The van der Waals surface area contributed by atoms with Crippen molar-refractivity contribution in [2.24, 2.45) is 0 Å². The molecule has 0 aromatic heterocycles. The van der Waals surface area contributed by atoms with Crippen LogP contribution in [0.5, 0.6) is 0 Å². The summed E-state index contributed by atoms with van der Waals surface area (Å²) in [6, 6.07) is 15.9. The van der Waals surface area contributed by atoms with Gasteiger partial charge in [0.2, 0.25) is 0 Å². The summed E-state index contributed by atoms with van der Waals surface area (Å²) in [6.07, 6.45) is 7.72. The number of anilines is 1. The van der Waals surface area contributed by atoms with Gasteiger partial charge in [-0.3, -0.25) is 9.69 Å². The molecule has 178 valence electrons. The number of benzene rings is 2. The summed E-state index contributed by atoms with van der Waals surface area (Å²) in [4.78, 5) is 28.3. The van der Waals surface area contributed by atoms with E-state index in [1.54, 1.807) is 17.8 Å². The summed E-state index contributed by atoms with van der Waals surface area (Å²) in [5, 5.41) is 2.89. The van der Waals surface area contributed by atoms with Gasteiger partial charge in [-0.1, -0.05) is 62.6 Å². The van der Waals surface area contributed by atoms with E-state index in [0.717, 1.165) is 33.9 Å². The maximum Gasteiger partial charge on any atom is 0.322 e. The van der Waals surface area contributed by atoms with Crippen LogP contribution in [0.15, 0.2) is 71.0 Å². The Morgan fingerprint density at radius 2 is 1.61 bits per heavy atom. The molecule has 0 aliphatic rings. The van der Waals surface area contributed by atoms with Crippen molar-refractivity contribution in [3.8, 4) is 0 Å². The van der Waals surface area contributed by atoms with Gasteiger partial charge < -0.3 is 10.1 Å². The molecular weight excluding hydrogens is 432 g/mol. The van der Waals surface area contributed by atoms with Gasteiger partial charge in [0.25, 0.3) is 0 Å². The molecule has 0 atom stereocenters. The first-order chi connectivity index (χ1) is 16.1. The summed E-state index contributed by atoms with van der Waals surface area (Å²) in [7, 11) is 0. The Morgan fingerprint density at radius 1 is 0.970 bits per heavy atom. The maximum atomic E-state index is 12.7. The SMILES string of the molecule is C=CCNC(=O)N(CCCCCCC)c1ccc(Sc2ccc(CC(=O)OCC)cc2)cc1. The molecule has 0 fully saturated rings. The first-order valence-electron chi connectivity index (χ1n) is 11.8. The highest BCUT2D eigenvalue weighted by Gasteiger charge is 2.15. The number of rotatable bonds is 14. The van der Waals surface area contributed by atoms with E-state index in [4.69, 9.17) is 4.74 Å². The lowest BCUT2D eigenvalue weighted by Gasteiger charge is -2.23. The van der Waals surface area contributed by atoms with E-state index in [-0.39, 0.29) is 18.4 Å². The molecule has 5 nitrogen and oxygen atoms in total. The van der Waals surface area contributed by atoms with Crippen molar-refractivity contribution in [3.05, 3.63) is 66.7 Å². The number of ether oxygens (including phenoxy) is 1. The quantitative estimate of drug-likeness (QED) is 0.192. The molecule has 2 aromatic carbocycles. The molecule has 0 unspecified atom stereocenters. The lowest BCUT2D eigenvalue weighted by Crippen LogP contribution is -2.40.